The second-order valence-corrected chi connectivity index (χ2v) is 15.5. The first-order chi connectivity index (χ1) is 21.3. The van der Waals surface area contributed by atoms with Gasteiger partial charge >= 0.3 is 6.03 Å². The lowest BCUT2D eigenvalue weighted by Crippen LogP contribution is -2.60. The van der Waals surface area contributed by atoms with Crippen molar-refractivity contribution < 1.29 is 31.6 Å². The predicted octanol–water partition coefficient (Wildman–Crippen LogP) is 6.19. The molecule has 0 bridgehead atoms. The van der Waals surface area contributed by atoms with Gasteiger partial charge in [0.25, 0.3) is 16.0 Å². The minimum Gasteiger partial charge on any atom is -0.492 e. The number of nitrogens with one attached hydrogen (secondary N) is 3. The third-order valence-corrected chi connectivity index (χ3v) is 7.99. The molecule has 0 atom stereocenters. The van der Waals surface area contributed by atoms with Crippen LogP contribution in [-0.4, -0.2) is 59.5 Å². The number of hydroxylamine groups is 2. The lowest BCUT2D eigenvalue weighted by atomic mass is 9.74. The van der Waals surface area contributed by atoms with Crippen LogP contribution in [0.4, 0.5) is 22.1 Å². The van der Waals surface area contributed by atoms with Crippen LogP contribution in [0.25, 0.3) is 0 Å². The van der Waals surface area contributed by atoms with Crippen molar-refractivity contribution in [1.82, 2.24) is 15.2 Å². The number of pyridine rings is 1. The van der Waals surface area contributed by atoms with Gasteiger partial charge in [-0.2, -0.15) is 17.8 Å². The highest BCUT2D eigenvalue weighted by molar-refractivity contribution is 7.85. The van der Waals surface area contributed by atoms with Crippen molar-refractivity contribution in [2.45, 2.75) is 84.2 Å². The fourth-order valence-corrected chi connectivity index (χ4v) is 6.42. The number of carbonyl (C=O) groups is 2. The number of carbonyl (C=O) groups excluding carboxylic acids is 2. The molecule has 0 spiro atoms. The first kappa shape index (κ1) is 34.9. The Morgan fingerprint density at radius 3 is 2.11 bits per heavy atom. The molecule has 1 aromatic carbocycles. The lowest BCUT2D eigenvalue weighted by molar-refractivity contribution is -0.224. The molecule has 1 fully saturated rings. The third-order valence-electron chi connectivity index (χ3n) is 7.57. The van der Waals surface area contributed by atoms with Gasteiger partial charge in [0.1, 0.15) is 11.4 Å². The number of nitrogens with zero attached hydrogens (tertiary/aromatic N) is 3. The van der Waals surface area contributed by atoms with Gasteiger partial charge in [0.15, 0.2) is 0 Å². The number of ether oxygens (including phenoxy) is 1. The molecule has 0 saturated carbocycles. The van der Waals surface area contributed by atoms with Crippen LogP contribution >= 0.6 is 0 Å². The number of hydrogen-bond acceptors (Lipinski definition) is 10. The SMILES string of the molecule is CC(C)(C)c1cc(NC(=O)Nc2ccc(NC(=O)c3ccc(OCCC4CC(C)(C)N(OS(C)(=O)=O)C(C)(C)C4)cn3)cc2)on1. The van der Waals surface area contributed by atoms with Gasteiger partial charge in [0.2, 0.25) is 5.88 Å². The fourth-order valence-electron chi connectivity index (χ4n) is 5.75. The van der Waals surface area contributed by atoms with Gasteiger partial charge in [0, 0.05) is 33.9 Å². The number of benzene rings is 1. The van der Waals surface area contributed by atoms with Gasteiger partial charge in [0.05, 0.1) is 24.8 Å². The van der Waals surface area contributed by atoms with Crippen molar-refractivity contribution in [1.29, 1.82) is 0 Å². The number of aromatic nitrogens is 2. The van der Waals surface area contributed by atoms with E-state index in [1.165, 1.54) is 6.20 Å². The summed E-state index contributed by atoms with van der Waals surface area (Å²) in [5.74, 6) is 0.690. The lowest BCUT2D eigenvalue weighted by Gasteiger charge is -2.53. The van der Waals surface area contributed by atoms with Crippen LogP contribution in [-0.2, 0) is 19.8 Å². The summed E-state index contributed by atoms with van der Waals surface area (Å²) in [4.78, 5) is 29.3. The minimum absolute atomic E-state index is 0.206. The Labute approximate surface area is 270 Å². The van der Waals surface area contributed by atoms with E-state index in [1.807, 2.05) is 48.5 Å². The second kappa shape index (κ2) is 13.4. The van der Waals surface area contributed by atoms with E-state index in [1.54, 1.807) is 47.5 Å². The Kier molecular flexibility index (Phi) is 10.1. The largest absolute Gasteiger partial charge is 0.492 e. The highest BCUT2D eigenvalue weighted by Gasteiger charge is 2.47. The zero-order chi connectivity index (χ0) is 33.9. The molecule has 2 aromatic heterocycles. The van der Waals surface area contributed by atoms with E-state index in [9.17, 15) is 18.0 Å². The van der Waals surface area contributed by atoms with Crippen molar-refractivity contribution in [2.75, 3.05) is 28.8 Å². The Hall–Kier alpha value is -4.01. The van der Waals surface area contributed by atoms with Crippen LogP contribution in [0, 0.1) is 5.92 Å². The topological polar surface area (TPSA) is 165 Å². The molecule has 4 rings (SSSR count). The van der Waals surface area contributed by atoms with Gasteiger partial charge in [-0.1, -0.05) is 25.9 Å². The summed E-state index contributed by atoms with van der Waals surface area (Å²) in [5, 5.41) is 13.7. The maximum Gasteiger partial charge on any atom is 0.326 e. The summed E-state index contributed by atoms with van der Waals surface area (Å²) in [5.41, 5.74) is 0.827. The van der Waals surface area contributed by atoms with Crippen molar-refractivity contribution in [2.24, 2.45) is 5.92 Å². The number of urea groups is 1. The summed E-state index contributed by atoms with van der Waals surface area (Å²) >= 11 is 0. The summed E-state index contributed by atoms with van der Waals surface area (Å²) in [7, 11) is -3.64. The molecule has 0 radical (unpaired) electrons. The molecule has 1 saturated heterocycles. The first-order valence-corrected chi connectivity index (χ1v) is 16.9. The molecule has 46 heavy (non-hydrogen) atoms. The average Bonchev–Trinajstić information content (AvgIpc) is 3.40. The van der Waals surface area contributed by atoms with Crippen LogP contribution in [0.1, 0.15) is 83.9 Å². The minimum atomic E-state index is -3.64. The van der Waals surface area contributed by atoms with Crippen LogP contribution in [0.2, 0.25) is 0 Å². The molecule has 3 heterocycles. The molecular weight excluding hydrogens is 612 g/mol. The number of piperidine rings is 1. The smallest absolute Gasteiger partial charge is 0.326 e. The Balaban J connectivity index is 1.23. The van der Waals surface area contributed by atoms with E-state index >= 15 is 0 Å². The fraction of sp³-hybridized carbons (Fsp3) is 0.500. The zero-order valence-corrected chi connectivity index (χ0v) is 28.4. The molecule has 1 aliphatic heterocycles. The molecule has 3 amide bonds. The number of amides is 3. The first-order valence-electron chi connectivity index (χ1n) is 15.1. The van der Waals surface area contributed by atoms with Crippen molar-refractivity contribution >= 4 is 39.3 Å². The molecule has 1 aliphatic rings. The maximum absolute atomic E-state index is 12.8. The Morgan fingerprint density at radius 1 is 0.978 bits per heavy atom. The molecule has 14 heteroatoms. The Morgan fingerprint density at radius 2 is 1.59 bits per heavy atom. The van der Waals surface area contributed by atoms with Crippen molar-refractivity contribution in [3.05, 3.63) is 60.0 Å². The highest BCUT2D eigenvalue weighted by Crippen LogP contribution is 2.43. The predicted molar refractivity (Wildman–Crippen MR) is 175 cm³/mol. The second-order valence-electron chi connectivity index (χ2n) is 13.9. The maximum atomic E-state index is 12.8. The van der Waals surface area contributed by atoms with Crippen LogP contribution in [0.15, 0.2) is 53.2 Å². The van der Waals surface area contributed by atoms with Gasteiger partial charge < -0.3 is 19.9 Å². The van der Waals surface area contributed by atoms with Crippen LogP contribution in [0.5, 0.6) is 5.75 Å². The third kappa shape index (κ3) is 9.50. The van der Waals surface area contributed by atoms with Gasteiger partial charge in [-0.05, 0) is 89.3 Å². The van der Waals surface area contributed by atoms with E-state index in [0.29, 0.717) is 29.6 Å². The van der Waals surface area contributed by atoms with Crippen molar-refractivity contribution in [3.8, 4) is 5.75 Å². The van der Waals surface area contributed by atoms with Gasteiger partial charge in [-0.15, -0.1) is 0 Å². The molecule has 250 valence electrons. The number of rotatable bonds is 10. The number of hydrogen-bond donors (Lipinski definition) is 3. The molecule has 0 unspecified atom stereocenters. The van der Waals surface area contributed by atoms with E-state index in [-0.39, 0.29) is 17.0 Å². The summed E-state index contributed by atoms with van der Waals surface area (Å²) in [6, 6.07) is 11.1. The normalized spacial score (nSPS) is 16.9. The number of anilines is 3. The highest BCUT2D eigenvalue weighted by atomic mass is 32.2. The summed E-state index contributed by atoms with van der Waals surface area (Å²) in [6.45, 7) is 14.4. The zero-order valence-electron chi connectivity index (χ0n) is 27.6. The van der Waals surface area contributed by atoms with Crippen LogP contribution < -0.4 is 20.7 Å². The van der Waals surface area contributed by atoms with E-state index in [0.717, 1.165) is 31.2 Å². The van der Waals surface area contributed by atoms with E-state index in [2.05, 4.69) is 26.1 Å². The molecule has 13 nitrogen and oxygen atoms in total. The Bertz CT molecular complexity index is 1610. The van der Waals surface area contributed by atoms with Crippen molar-refractivity contribution in [3.63, 3.8) is 0 Å². The quantitative estimate of drug-likeness (QED) is 0.229. The van der Waals surface area contributed by atoms with E-state index in [4.69, 9.17) is 13.5 Å². The van der Waals surface area contributed by atoms with E-state index < -0.39 is 33.1 Å². The van der Waals surface area contributed by atoms with Gasteiger partial charge in [-0.3, -0.25) is 10.1 Å². The molecule has 3 N–H and O–H groups in total. The van der Waals surface area contributed by atoms with Crippen LogP contribution in [0.3, 0.4) is 0 Å². The summed E-state index contributed by atoms with van der Waals surface area (Å²) in [6.07, 6.45) is 4.84. The molecular formula is C32H44N6O7S. The summed E-state index contributed by atoms with van der Waals surface area (Å²) < 4.78 is 40.1. The molecule has 0 aliphatic carbocycles. The van der Waals surface area contributed by atoms with Gasteiger partial charge in [-0.25, -0.2) is 9.78 Å². The average molecular weight is 657 g/mol. The molecule has 3 aromatic rings. The standard InChI is InChI=1S/C32H44N6O7S/c1-30(2,3)26-17-27(44-37-26)36-29(40)35-23-11-9-22(10-12-23)34-28(39)25-14-13-24(20-33-25)43-16-15-21-18-31(4,5)38(32(6,7)19-21)45-46(8,41)42/h9-14,17,20-21H,15-16,18-19H2,1-8H3,(H,34,39)(H2,35,36,40). The monoisotopic (exact) mass is 656 g/mol.